The number of likely N-dealkylation sites (tertiary alicyclic amines) is 1. The molecule has 1 aromatic rings. The Kier molecular flexibility index (Phi) is 5.46. The van der Waals surface area contributed by atoms with Crippen LogP contribution in [0.15, 0.2) is 18.3 Å². The number of fused-ring (bicyclic) bond motifs is 1. The maximum absolute atomic E-state index is 12.8. The van der Waals surface area contributed by atoms with Gasteiger partial charge in [0.15, 0.2) is 0 Å². The van der Waals surface area contributed by atoms with Gasteiger partial charge in [0.05, 0.1) is 19.0 Å². The van der Waals surface area contributed by atoms with Crippen LogP contribution in [0, 0.1) is 11.8 Å². The molecule has 1 aromatic heterocycles. The van der Waals surface area contributed by atoms with E-state index in [1.165, 1.54) is 11.0 Å². The Bertz CT molecular complexity index is 815. The molecular weight excluding hydrogens is 387 g/mol. The molecule has 1 amide bonds. The third-order valence-corrected chi connectivity index (χ3v) is 5.63. The van der Waals surface area contributed by atoms with Gasteiger partial charge in [-0.3, -0.25) is 9.78 Å². The molecule has 0 spiro atoms. The summed E-state index contributed by atoms with van der Waals surface area (Å²) in [5, 5.41) is 0. The van der Waals surface area contributed by atoms with E-state index < -0.39 is 27.8 Å². The van der Waals surface area contributed by atoms with Crippen molar-refractivity contribution in [3.05, 3.63) is 29.6 Å². The number of rotatable bonds is 4. The van der Waals surface area contributed by atoms with E-state index in [0.717, 1.165) is 18.5 Å². The number of carbonyl (C=O) groups is 1. The zero-order valence-electron chi connectivity index (χ0n) is 14.6. The first-order chi connectivity index (χ1) is 12.5. The van der Waals surface area contributed by atoms with Gasteiger partial charge < -0.3 is 9.64 Å². The van der Waals surface area contributed by atoms with Gasteiger partial charge in [0.2, 0.25) is 10.0 Å². The summed E-state index contributed by atoms with van der Waals surface area (Å²) in [5.74, 6) is -0.368. The van der Waals surface area contributed by atoms with Crippen molar-refractivity contribution in [3.63, 3.8) is 0 Å². The maximum atomic E-state index is 12.8. The first kappa shape index (κ1) is 20.0. The Labute approximate surface area is 154 Å². The third-order valence-electron chi connectivity index (χ3n) is 4.94. The van der Waals surface area contributed by atoms with Gasteiger partial charge in [-0.25, -0.2) is 13.1 Å². The highest BCUT2D eigenvalue weighted by atomic mass is 32.2. The van der Waals surface area contributed by atoms with Crippen molar-refractivity contribution in [3.8, 4) is 0 Å². The second-order valence-electron chi connectivity index (χ2n) is 6.88. The predicted octanol–water partition coefficient (Wildman–Crippen LogP) is 1.13. The second-order valence-corrected chi connectivity index (χ2v) is 8.72. The second kappa shape index (κ2) is 7.36. The van der Waals surface area contributed by atoms with E-state index in [9.17, 15) is 26.4 Å². The molecule has 0 saturated carbocycles. The molecule has 3 atom stereocenters. The largest absolute Gasteiger partial charge is 0.433 e. The first-order valence-electron chi connectivity index (χ1n) is 8.43. The van der Waals surface area contributed by atoms with Crippen molar-refractivity contribution in [1.82, 2.24) is 14.6 Å². The average molecular weight is 407 g/mol. The molecule has 0 unspecified atom stereocenters. The van der Waals surface area contributed by atoms with E-state index in [4.69, 9.17) is 4.74 Å². The molecule has 0 bridgehead atoms. The molecule has 11 heteroatoms. The summed E-state index contributed by atoms with van der Waals surface area (Å²) in [6, 6.07) is 2.01. The molecule has 1 N–H and O–H groups in total. The van der Waals surface area contributed by atoms with Crippen LogP contribution in [0.25, 0.3) is 0 Å². The minimum atomic E-state index is -4.62. The summed E-state index contributed by atoms with van der Waals surface area (Å²) in [6.45, 7) is 1.31. The topological polar surface area (TPSA) is 88.6 Å². The van der Waals surface area contributed by atoms with Gasteiger partial charge in [-0.05, 0) is 24.5 Å². The van der Waals surface area contributed by atoms with Crippen LogP contribution in [0.3, 0.4) is 0 Å². The van der Waals surface area contributed by atoms with Crippen molar-refractivity contribution in [1.29, 1.82) is 0 Å². The fourth-order valence-electron chi connectivity index (χ4n) is 3.56. The molecule has 0 aliphatic carbocycles. The quantitative estimate of drug-likeness (QED) is 0.808. The van der Waals surface area contributed by atoms with Crippen LogP contribution in [-0.2, 0) is 20.9 Å². The van der Waals surface area contributed by atoms with E-state index in [-0.39, 0.29) is 30.0 Å². The zero-order chi connectivity index (χ0) is 19.8. The Morgan fingerprint density at radius 3 is 2.85 bits per heavy atom. The van der Waals surface area contributed by atoms with Gasteiger partial charge in [-0.1, -0.05) is 0 Å². The number of amides is 1. The number of hydrogen-bond acceptors (Lipinski definition) is 5. The van der Waals surface area contributed by atoms with Gasteiger partial charge in [0.25, 0.3) is 5.91 Å². The van der Waals surface area contributed by atoms with Crippen molar-refractivity contribution in [2.24, 2.45) is 11.8 Å². The van der Waals surface area contributed by atoms with Crippen LogP contribution in [0.4, 0.5) is 13.2 Å². The molecule has 0 aromatic carbocycles. The number of sulfonamides is 1. The van der Waals surface area contributed by atoms with Crippen LogP contribution in [0.2, 0.25) is 0 Å². The number of nitrogens with zero attached hydrogens (tertiary/aromatic N) is 2. The Morgan fingerprint density at radius 1 is 1.44 bits per heavy atom. The van der Waals surface area contributed by atoms with Crippen LogP contribution >= 0.6 is 0 Å². The SMILES string of the molecule is CS(=O)(=O)NC[C@H]1OC[C@@H]2CCN(C(=O)c3ccnc(C(F)(F)F)c3)C[C@@H]21. The molecule has 27 heavy (non-hydrogen) atoms. The third kappa shape index (κ3) is 4.77. The lowest BCUT2D eigenvalue weighted by Crippen LogP contribution is -2.47. The summed E-state index contributed by atoms with van der Waals surface area (Å²) in [5.41, 5.74) is -1.18. The summed E-state index contributed by atoms with van der Waals surface area (Å²) in [6.07, 6.45) is -2.31. The summed E-state index contributed by atoms with van der Waals surface area (Å²) < 4.78 is 69.1. The Hall–Kier alpha value is -1.72. The van der Waals surface area contributed by atoms with Crippen molar-refractivity contribution in [2.75, 3.05) is 32.5 Å². The van der Waals surface area contributed by atoms with Crippen LogP contribution in [0.1, 0.15) is 22.5 Å². The number of ether oxygens (including phenoxy) is 1. The van der Waals surface area contributed by atoms with Crippen LogP contribution in [0.5, 0.6) is 0 Å². The molecule has 2 aliphatic rings. The first-order valence-corrected chi connectivity index (χ1v) is 10.3. The number of piperidine rings is 1. The molecular formula is C16H20F3N3O4S. The number of halogens is 3. The summed E-state index contributed by atoms with van der Waals surface area (Å²) in [4.78, 5) is 17.4. The fourth-order valence-corrected chi connectivity index (χ4v) is 4.03. The molecule has 2 saturated heterocycles. The molecule has 7 nitrogen and oxygen atoms in total. The van der Waals surface area contributed by atoms with E-state index in [1.54, 1.807) is 0 Å². The Morgan fingerprint density at radius 2 is 2.19 bits per heavy atom. The molecule has 3 heterocycles. The fraction of sp³-hybridized carbons (Fsp3) is 0.625. The average Bonchev–Trinajstić information content (AvgIpc) is 3.00. The number of aromatic nitrogens is 1. The van der Waals surface area contributed by atoms with E-state index in [2.05, 4.69) is 9.71 Å². The molecule has 2 aliphatic heterocycles. The molecule has 3 rings (SSSR count). The van der Waals surface area contributed by atoms with E-state index in [1.807, 2.05) is 0 Å². The van der Waals surface area contributed by atoms with Crippen molar-refractivity contribution >= 4 is 15.9 Å². The summed E-state index contributed by atoms with van der Waals surface area (Å²) >= 11 is 0. The smallest absolute Gasteiger partial charge is 0.376 e. The number of alkyl halides is 3. The highest BCUT2D eigenvalue weighted by molar-refractivity contribution is 7.88. The summed E-state index contributed by atoms with van der Waals surface area (Å²) in [7, 11) is -3.37. The number of carbonyl (C=O) groups excluding carboxylic acids is 1. The lowest BCUT2D eigenvalue weighted by Gasteiger charge is -2.36. The monoisotopic (exact) mass is 407 g/mol. The van der Waals surface area contributed by atoms with Gasteiger partial charge in [-0.2, -0.15) is 13.2 Å². The number of nitrogens with one attached hydrogen (secondary N) is 1. The molecule has 0 radical (unpaired) electrons. The normalized spacial score (nSPS) is 26.1. The zero-order valence-corrected chi connectivity index (χ0v) is 15.4. The Balaban J connectivity index is 1.70. The van der Waals surface area contributed by atoms with Crippen LogP contribution < -0.4 is 4.72 Å². The predicted molar refractivity (Wildman–Crippen MR) is 89.3 cm³/mol. The highest BCUT2D eigenvalue weighted by Gasteiger charge is 2.42. The van der Waals surface area contributed by atoms with Crippen molar-refractivity contribution < 1.29 is 31.1 Å². The lowest BCUT2D eigenvalue weighted by molar-refractivity contribution is -0.141. The number of pyridine rings is 1. The number of hydrogen-bond donors (Lipinski definition) is 1. The van der Waals surface area contributed by atoms with Crippen molar-refractivity contribution in [2.45, 2.75) is 18.7 Å². The molecule has 2 fully saturated rings. The molecule has 150 valence electrons. The highest BCUT2D eigenvalue weighted by Crippen LogP contribution is 2.35. The maximum Gasteiger partial charge on any atom is 0.433 e. The standard InChI is InChI=1S/C16H20F3N3O4S/c1-27(24,25)21-7-13-12-8-22(5-3-11(12)9-26-13)15(23)10-2-4-20-14(6-10)16(17,18)19/h2,4,6,11-13,21H,3,5,7-9H2,1H3/t11-,12-,13+/m0/s1. The van der Waals surface area contributed by atoms with Gasteiger partial charge in [0.1, 0.15) is 5.69 Å². The van der Waals surface area contributed by atoms with E-state index in [0.29, 0.717) is 26.1 Å². The minimum absolute atomic E-state index is 0.0686. The minimum Gasteiger partial charge on any atom is -0.376 e. The lowest BCUT2D eigenvalue weighted by atomic mass is 9.84. The van der Waals surface area contributed by atoms with Crippen LogP contribution in [-0.4, -0.2) is 62.8 Å². The van der Waals surface area contributed by atoms with Gasteiger partial charge in [0, 0.05) is 37.3 Å². The van der Waals surface area contributed by atoms with Gasteiger partial charge in [-0.15, -0.1) is 0 Å². The van der Waals surface area contributed by atoms with E-state index >= 15 is 0 Å². The van der Waals surface area contributed by atoms with Gasteiger partial charge >= 0.3 is 6.18 Å².